The first-order chi connectivity index (χ1) is 10.4. The molecule has 0 saturated carbocycles. The molecule has 116 valence electrons. The lowest BCUT2D eigenvalue weighted by Gasteiger charge is -2.17. The molecule has 0 saturated heterocycles. The highest BCUT2D eigenvalue weighted by molar-refractivity contribution is 6.32. The second-order valence-electron chi connectivity index (χ2n) is 5.22. The van der Waals surface area contributed by atoms with Crippen molar-refractivity contribution in [3.8, 4) is 16.9 Å². The molecular formula is C17H19ClN2O2. The van der Waals surface area contributed by atoms with Gasteiger partial charge in [-0.1, -0.05) is 41.4 Å². The first kappa shape index (κ1) is 16.2. The van der Waals surface area contributed by atoms with Gasteiger partial charge in [0.2, 0.25) is 0 Å². The molecule has 2 aromatic rings. The van der Waals surface area contributed by atoms with Crippen molar-refractivity contribution >= 4 is 23.3 Å². The summed E-state index contributed by atoms with van der Waals surface area (Å²) in [5.74, 6) is 0.520. The third-order valence-corrected chi connectivity index (χ3v) is 3.60. The van der Waals surface area contributed by atoms with Gasteiger partial charge >= 0.3 is 6.03 Å². The van der Waals surface area contributed by atoms with Crippen LogP contribution >= 0.6 is 11.6 Å². The van der Waals surface area contributed by atoms with E-state index in [-0.39, 0.29) is 6.03 Å². The largest absolute Gasteiger partial charge is 0.495 e. The number of rotatable bonds is 3. The lowest BCUT2D eigenvalue weighted by molar-refractivity contribution is 0.230. The number of urea groups is 1. The molecule has 5 heteroatoms. The summed E-state index contributed by atoms with van der Waals surface area (Å²) in [6, 6.07) is 11.4. The predicted octanol–water partition coefficient (Wildman–Crippen LogP) is 4.42. The maximum absolute atomic E-state index is 12.0. The third-order valence-electron chi connectivity index (χ3n) is 3.30. The Kier molecular flexibility index (Phi) is 4.93. The minimum atomic E-state index is -0.210. The number of nitrogens with zero attached hydrogens (tertiary/aromatic N) is 1. The summed E-state index contributed by atoms with van der Waals surface area (Å²) in [5.41, 5.74) is 3.65. The quantitative estimate of drug-likeness (QED) is 0.910. The molecule has 0 unspecified atom stereocenters. The van der Waals surface area contributed by atoms with Crippen molar-refractivity contribution < 1.29 is 9.53 Å². The highest BCUT2D eigenvalue weighted by Crippen LogP contribution is 2.37. The van der Waals surface area contributed by atoms with Crippen molar-refractivity contribution in [1.82, 2.24) is 4.90 Å². The fourth-order valence-corrected chi connectivity index (χ4v) is 2.25. The zero-order valence-electron chi connectivity index (χ0n) is 13.1. The summed E-state index contributed by atoms with van der Waals surface area (Å²) in [5, 5.41) is 3.37. The van der Waals surface area contributed by atoms with Crippen LogP contribution in [0, 0.1) is 6.92 Å². The van der Waals surface area contributed by atoms with E-state index in [1.807, 2.05) is 31.2 Å². The monoisotopic (exact) mass is 318 g/mol. The Morgan fingerprint density at radius 2 is 1.82 bits per heavy atom. The van der Waals surface area contributed by atoms with Crippen LogP contribution in [0.15, 0.2) is 36.4 Å². The fourth-order valence-electron chi connectivity index (χ4n) is 2.01. The topological polar surface area (TPSA) is 41.6 Å². The average Bonchev–Trinajstić information content (AvgIpc) is 2.49. The Hall–Kier alpha value is -2.20. The van der Waals surface area contributed by atoms with Crippen LogP contribution in [-0.4, -0.2) is 32.1 Å². The van der Waals surface area contributed by atoms with Crippen LogP contribution in [0.4, 0.5) is 10.5 Å². The second kappa shape index (κ2) is 6.71. The molecular weight excluding hydrogens is 300 g/mol. The highest BCUT2D eigenvalue weighted by Gasteiger charge is 2.14. The summed E-state index contributed by atoms with van der Waals surface area (Å²) >= 11 is 6.23. The number of methoxy groups -OCH3 is 1. The Morgan fingerprint density at radius 3 is 2.36 bits per heavy atom. The van der Waals surface area contributed by atoms with Crippen molar-refractivity contribution in [2.75, 3.05) is 26.5 Å². The molecule has 0 heterocycles. The molecule has 22 heavy (non-hydrogen) atoms. The molecule has 0 radical (unpaired) electrons. The van der Waals surface area contributed by atoms with E-state index in [9.17, 15) is 4.79 Å². The van der Waals surface area contributed by atoms with Crippen molar-refractivity contribution in [3.05, 3.63) is 47.0 Å². The van der Waals surface area contributed by atoms with E-state index in [4.69, 9.17) is 16.3 Å². The molecule has 2 aromatic carbocycles. The molecule has 0 bridgehead atoms. The average molecular weight is 319 g/mol. The molecule has 0 atom stereocenters. The number of halogens is 1. The molecule has 0 aliphatic carbocycles. The van der Waals surface area contributed by atoms with Gasteiger partial charge in [-0.05, 0) is 18.6 Å². The van der Waals surface area contributed by atoms with Gasteiger partial charge in [0.05, 0.1) is 17.8 Å². The summed E-state index contributed by atoms with van der Waals surface area (Å²) in [4.78, 5) is 13.4. The van der Waals surface area contributed by atoms with Gasteiger partial charge in [0.15, 0.2) is 0 Å². The lowest BCUT2D eigenvalue weighted by atomic mass is 10.0. The molecule has 2 rings (SSSR count). The maximum Gasteiger partial charge on any atom is 0.321 e. The minimum Gasteiger partial charge on any atom is -0.495 e. The zero-order valence-corrected chi connectivity index (χ0v) is 13.9. The van der Waals surface area contributed by atoms with E-state index >= 15 is 0 Å². The van der Waals surface area contributed by atoms with Crippen LogP contribution in [-0.2, 0) is 0 Å². The number of nitrogens with one attached hydrogen (secondary N) is 1. The second-order valence-corrected chi connectivity index (χ2v) is 5.63. The first-order valence-electron chi connectivity index (χ1n) is 6.85. The Labute approximate surface area is 135 Å². The fraction of sp³-hybridized carbons (Fsp3) is 0.235. The minimum absolute atomic E-state index is 0.210. The molecule has 0 aromatic heterocycles. The normalized spacial score (nSPS) is 10.2. The number of aryl methyl sites for hydroxylation is 1. The molecule has 1 N–H and O–H groups in total. The number of hydrogen-bond donors (Lipinski definition) is 1. The third kappa shape index (κ3) is 3.52. The smallest absolute Gasteiger partial charge is 0.321 e. The molecule has 0 fully saturated rings. The predicted molar refractivity (Wildman–Crippen MR) is 90.9 cm³/mol. The van der Waals surface area contributed by atoms with Crippen molar-refractivity contribution in [3.63, 3.8) is 0 Å². The Morgan fingerprint density at radius 1 is 1.18 bits per heavy atom. The van der Waals surface area contributed by atoms with E-state index in [1.54, 1.807) is 33.3 Å². The van der Waals surface area contributed by atoms with Gasteiger partial charge in [-0.15, -0.1) is 0 Å². The van der Waals surface area contributed by atoms with E-state index in [2.05, 4.69) is 5.32 Å². The van der Waals surface area contributed by atoms with Crippen LogP contribution in [0.2, 0.25) is 5.02 Å². The van der Waals surface area contributed by atoms with Crippen molar-refractivity contribution in [1.29, 1.82) is 0 Å². The molecule has 4 nitrogen and oxygen atoms in total. The van der Waals surface area contributed by atoms with Crippen molar-refractivity contribution in [2.45, 2.75) is 6.92 Å². The molecule has 0 spiro atoms. The van der Waals surface area contributed by atoms with Gasteiger partial charge in [-0.25, -0.2) is 4.79 Å². The van der Waals surface area contributed by atoms with Crippen LogP contribution in [0.3, 0.4) is 0 Å². The number of amides is 2. The van der Waals surface area contributed by atoms with Gasteiger partial charge in [-0.2, -0.15) is 0 Å². The number of carbonyl (C=O) groups is 1. The van der Waals surface area contributed by atoms with E-state index in [0.29, 0.717) is 16.5 Å². The van der Waals surface area contributed by atoms with Gasteiger partial charge in [-0.3, -0.25) is 0 Å². The number of benzene rings is 2. The van der Waals surface area contributed by atoms with E-state index in [0.717, 1.165) is 11.1 Å². The van der Waals surface area contributed by atoms with Crippen LogP contribution in [0.5, 0.6) is 5.75 Å². The molecule has 0 aliphatic heterocycles. The molecule has 0 aliphatic rings. The first-order valence-corrected chi connectivity index (χ1v) is 7.23. The molecule has 2 amide bonds. The SMILES string of the molecule is COc1cc(NC(=O)N(C)C)c(-c2ccc(C)cc2)cc1Cl. The number of carbonyl (C=O) groups excluding carboxylic acids is 1. The summed E-state index contributed by atoms with van der Waals surface area (Å²) in [6.45, 7) is 2.03. The highest BCUT2D eigenvalue weighted by atomic mass is 35.5. The summed E-state index contributed by atoms with van der Waals surface area (Å²) in [7, 11) is 4.92. The van der Waals surface area contributed by atoms with Crippen molar-refractivity contribution in [2.24, 2.45) is 0 Å². The Balaban J connectivity index is 2.52. The van der Waals surface area contributed by atoms with Gasteiger partial charge < -0.3 is 15.0 Å². The Bertz CT molecular complexity index is 682. The van der Waals surface area contributed by atoms with Crippen LogP contribution in [0.25, 0.3) is 11.1 Å². The maximum atomic E-state index is 12.0. The number of ether oxygens (including phenoxy) is 1. The standard InChI is InChI=1S/C17H19ClN2O2/c1-11-5-7-12(8-6-11)13-9-14(18)16(22-4)10-15(13)19-17(21)20(2)3/h5-10H,1-4H3,(H,19,21). The summed E-state index contributed by atoms with van der Waals surface area (Å²) < 4.78 is 5.24. The van der Waals surface area contributed by atoms with Gasteiger partial charge in [0.1, 0.15) is 5.75 Å². The number of hydrogen-bond acceptors (Lipinski definition) is 2. The van der Waals surface area contributed by atoms with E-state index in [1.165, 1.54) is 10.5 Å². The van der Waals surface area contributed by atoms with Gasteiger partial charge in [0, 0.05) is 25.7 Å². The van der Waals surface area contributed by atoms with Crippen LogP contribution in [0.1, 0.15) is 5.56 Å². The van der Waals surface area contributed by atoms with Gasteiger partial charge in [0.25, 0.3) is 0 Å². The zero-order chi connectivity index (χ0) is 16.3. The lowest BCUT2D eigenvalue weighted by Crippen LogP contribution is -2.27. The van der Waals surface area contributed by atoms with Crippen LogP contribution < -0.4 is 10.1 Å². The summed E-state index contributed by atoms with van der Waals surface area (Å²) in [6.07, 6.45) is 0. The van der Waals surface area contributed by atoms with E-state index < -0.39 is 0 Å². The number of anilines is 1.